The second-order valence-corrected chi connectivity index (χ2v) is 5.31. The zero-order valence-electron chi connectivity index (χ0n) is 12.7. The molecule has 0 saturated carbocycles. The summed E-state index contributed by atoms with van der Waals surface area (Å²) in [6, 6.07) is 0.536. The first kappa shape index (κ1) is 16.4. The summed E-state index contributed by atoms with van der Waals surface area (Å²) in [6.45, 7) is 7.36. The van der Waals surface area contributed by atoms with E-state index in [0.717, 1.165) is 25.9 Å². The molecule has 1 heterocycles. The molecule has 0 radical (unpaired) electrons. The molecule has 1 rings (SSSR count). The Balaban J connectivity index is 2.44. The van der Waals surface area contributed by atoms with Crippen molar-refractivity contribution in [3.05, 3.63) is 0 Å². The Kier molecular flexibility index (Phi) is 7.34. The highest BCUT2D eigenvalue weighted by molar-refractivity contribution is 5.81. The lowest BCUT2D eigenvalue weighted by molar-refractivity contribution is -0.126. The normalized spacial score (nSPS) is 26.1. The molecule has 0 aromatic heterocycles. The summed E-state index contributed by atoms with van der Waals surface area (Å²) in [7, 11) is 3.67. The highest BCUT2D eigenvalue weighted by Gasteiger charge is 2.31. The van der Waals surface area contributed by atoms with Crippen molar-refractivity contribution in [2.45, 2.75) is 38.8 Å². The standard InChI is InChI=1S/C14H29N3O2/c1-5-12-10-17(8-6-13(12)15-3)11(2)14(18)16-7-9-19-4/h11-13,15H,5-10H2,1-4H3,(H,16,18). The molecule has 5 nitrogen and oxygen atoms in total. The van der Waals surface area contributed by atoms with Crippen LogP contribution in [0.25, 0.3) is 0 Å². The Morgan fingerprint density at radius 2 is 2.26 bits per heavy atom. The van der Waals surface area contributed by atoms with Crippen LogP contribution in [0.1, 0.15) is 26.7 Å². The largest absolute Gasteiger partial charge is 0.383 e. The van der Waals surface area contributed by atoms with Crippen LogP contribution in [0.5, 0.6) is 0 Å². The van der Waals surface area contributed by atoms with E-state index in [9.17, 15) is 4.79 Å². The van der Waals surface area contributed by atoms with Gasteiger partial charge in [-0.2, -0.15) is 0 Å². The van der Waals surface area contributed by atoms with Gasteiger partial charge in [-0.05, 0) is 26.3 Å². The Labute approximate surface area is 117 Å². The number of methoxy groups -OCH3 is 1. The number of hydrogen-bond acceptors (Lipinski definition) is 4. The Morgan fingerprint density at radius 3 is 2.84 bits per heavy atom. The van der Waals surface area contributed by atoms with Crippen LogP contribution >= 0.6 is 0 Å². The highest BCUT2D eigenvalue weighted by atomic mass is 16.5. The van der Waals surface area contributed by atoms with Crippen LogP contribution in [0.15, 0.2) is 0 Å². The molecule has 1 fully saturated rings. The van der Waals surface area contributed by atoms with Crippen LogP contribution in [0.3, 0.4) is 0 Å². The molecule has 3 unspecified atom stereocenters. The van der Waals surface area contributed by atoms with Crippen molar-refractivity contribution in [1.29, 1.82) is 0 Å². The second-order valence-electron chi connectivity index (χ2n) is 5.31. The Bertz CT molecular complexity index is 273. The van der Waals surface area contributed by atoms with E-state index in [1.165, 1.54) is 0 Å². The third-order valence-electron chi connectivity index (χ3n) is 4.19. The van der Waals surface area contributed by atoms with Crippen LogP contribution < -0.4 is 10.6 Å². The maximum absolute atomic E-state index is 12.0. The van der Waals surface area contributed by atoms with E-state index in [2.05, 4.69) is 22.5 Å². The number of hydrogen-bond donors (Lipinski definition) is 2. The number of amides is 1. The zero-order chi connectivity index (χ0) is 14.3. The molecule has 0 bridgehead atoms. The lowest BCUT2D eigenvalue weighted by Gasteiger charge is -2.40. The number of nitrogens with zero attached hydrogens (tertiary/aromatic N) is 1. The van der Waals surface area contributed by atoms with Gasteiger partial charge in [-0.15, -0.1) is 0 Å². The number of carbonyl (C=O) groups excluding carboxylic acids is 1. The summed E-state index contributed by atoms with van der Waals surface area (Å²) in [5.41, 5.74) is 0. The number of nitrogens with one attached hydrogen (secondary N) is 2. The molecule has 1 aliphatic rings. The minimum absolute atomic E-state index is 0.0521. The van der Waals surface area contributed by atoms with Gasteiger partial charge < -0.3 is 15.4 Å². The van der Waals surface area contributed by atoms with Crippen molar-refractivity contribution in [2.75, 3.05) is 40.4 Å². The van der Waals surface area contributed by atoms with Gasteiger partial charge in [0.1, 0.15) is 0 Å². The van der Waals surface area contributed by atoms with Crippen molar-refractivity contribution in [3.8, 4) is 0 Å². The summed E-state index contributed by atoms with van der Waals surface area (Å²) in [4.78, 5) is 14.3. The lowest BCUT2D eigenvalue weighted by Crippen LogP contribution is -2.54. The molecular formula is C14H29N3O2. The zero-order valence-corrected chi connectivity index (χ0v) is 12.7. The monoisotopic (exact) mass is 271 g/mol. The van der Waals surface area contributed by atoms with Gasteiger partial charge in [0, 0.05) is 32.8 Å². The predicted molar refractivity (Wildman–Crippen MR) is 77.2 cm³/mol. The molecule has 3 atom stereocenters. The topological polar surface area (TPSA) is 53.6 Å². The summed E-state index contributed by atoms with van der Waals surface area (Å²) >= 11 is 0. The fraction of sp³-hybridized carbons (Fsp3) is 0.929. The average molecular weight is 271 g/mol. The van der Waals surface area contributed by atoms with Gasteiger partial charge >= 0.3 is 0 Å². The van der Waals surface area contributed by atoms with Crippen LogP contribution in [0.2, 0.25) is 0 Å². The molecule has 0 aliphatic carbocycles. The third kappa shape index (κ3) is 4.75. The minimum atomic E-state index is -0.0521. The summed E-state index contributed by atoms with van der Waals surface area (Å²) < 4.78 is 4.94. The third-order valence-corrected chi connectivity index (χ3v) is 4.19. The van der Waals surface area contributed by atoms with E-state index in [-0.39, 0.29) is 11.9 Å². The molecule has 1 saturated heterocycles. The van der Waals surface area contributed by atoms with Crippen LogP contribution in [-0.2, 0) is 9.53 Å². The second kappa shape index (κ2) is 8.51. The first-order chi connectivity index (χ1) is 9.13. The number of piperidine rings is 1. The van der Waals surface area contributed by atoms with Crippen molar-refractivity contribution in [1.82, 2.24) is 15.5 Å². The SMILES string of the molecule is CCC1CN(C(C)C(=O)NCCOC)CCC1NC. The Hall–Kier alpha value is -0.650. The minimum Gasteiger partial charge on any atom is -0.383 e. The predicted octanol–water partition coefficient (Wildman–Crippen LogP) is 0.457. The van der Waals surface area contributed by atoms with Gasteiger partial charge in [0.15, 0.2) is 0 Å². The van der Waals surface area contributed by atoms with Crippen molar-refractivity contribution >= 4 is 5.91 Å². The first-order valence-electron chi connectivity index (χ1n) is 7.32. The fourth-order valence-electron chi connectivity index (χ4n) is 2.80. The maximum atomic E-state index is 12.0. The van der Waals surface area contributed by atoms with Crippen LogP contribution in [-0.4, -0.2) is 63.3 Å². The van der Waals surface area contributed by atoms with E-state index in [1.807, 2.05) is 14.0 Å². The molecule has 19 heavy (non-hydrogen) atoms. The molecule has 5 heteroatoms. The summed E-state index contributed by atoms with van der Waals surface area (Å²) in [5, 5.41) is 6.31. The van der Waals surface area contributed by atoms with Gasteiger partial charge in [-0.25, -0.2) is 0 Å². The number of carbonyl (C=O) groups is 1. The molecule has 0 spiro atoms. The fourth-order valence-corrected chi connectivity index (χ4v) is 2.80. The quantitative estimate of drug-likeness (QED) is 0.661. The average Bonchev–Trinajstić information content (AvgIpc) is 2.45. The van der Waals surface area contributed by atoms with Gasteiger partial charge in [0.25, 0.3) is 0 Å². The molecule has 1 aliphatic heterocycles. The number of ether oxygens (including phenoxy) is 1. The van der Waals surface area contributed by atoms with Gasteiger partial charge in [-0.1, -0.05) is 13.3 Å². The van der Waals surface area contributed by atoms with E-state index >= 15 is 0 Å². The van der Waals surface area contributed by atoms with E-state index < -0.39 is 0 Å². The van der Waals surface area contributed by atoms with Gasteiger partial charge in [0.2, 0.25) is 5.91 Å². The Morgan fingerprint density at radius 1 is 1.53 bits per heavy atom. The number of likely N-dealkylation sites (tertiary alicyclic amines) is 1. The number of rotatable bonds is 7. The highest BCUT2D eigenvalue weighted by Crippen LogP contribution is 2.21. The molecule has 0 aromatic carbocycles. The van der Waals surface area contributed by atoms with E-state index in [0.29, 0.717) is 25.1 Å². The van der Waals surface area contributed by atoms with E-state index in [4.69, 9.17) is 4.74 Å². The molecule has 1 amide bonds. The smallest absolute Gasteiger partial charge is 0.237 e. The van der Waals surface area contributed by atoms with Crippen molar-refractivity contribution in [2.24, 2.45) is 5.92 Å². The molecule has 112 valence electrons. The summed E-state index contributed by atoms with van der Waals surface area (Å²) in [6.07, 6.45) is 2.27. The van der Waals surface area contributed by atoms with Crippen LogP contribution in [0.4, 0.5) is 0 Å². The molecule has 0 aromatic rings. The molecule has 2 N–H and O–H groups in total. The molecular weight excluding hydrogens is 242 g/mol. The summed E-state index contributed by atoms with van der Waals surface area (Å²) in [5.74, 6) is 0.739. The van der Waals surface area contributed by atoms with Crippen molar-refractivity contribution in [3.63, 3.8) is 0 Å². The van der Waals surface area contributed by atoms with Crippen molar-refractivity contribution < 1.29 is 9.53 Å². The van der Waals surface area contributed by atoms with E-state index in [1.54, 1.807) is 7.11 Å². The maximum Gasteiger partial charge on any atom is 0.237 e. The lowest BCUT2D eigenvalue weighted by atomic mass is 9.89. The van der Waals surface area contributed by atoms with Gasteiger partial charge in [-0.3, -0.25) is 9.69 Å². The van der Waals surface area contributed by atoms with Crippen LogP contribution in [0, 0.1) is 5.92 Å². The van der Waals surface area contributed by atoms with Gasteiger partial charge in [0.05, 0.1) is 12.6 Å². The first-order valence-corrected chi connectivity index (χ1v) is 7.32.